The minimum absolute atomic E-state index is 0.0732. The number of nitrogens with one attached hydrogen (secondary N) is 2. The first-order valence-electron chi connectivity index (χ1n) is 9.98. The molecule has 6 nitrogen and oxygen atoms in total. The lowest BCUT2D eigenvalue weighted by Gasteiger charge is -2.20. The van der Waals surface area contributed by atoms with Crippen LogP contribution in [-0.4, -0.2) is 25.8 Å². The van der Waals surface area contributed by atoms with Crippen LogP contribution >= 0.6 is 23.2 Å². The summed E-state index contributed by atoms with van der Waals surface area (Å²) in [7, 11) is 3.18. The molecule has 0 amide bonds. The van der Waals surface area contributed by atoms with Gasteiger partial charge in [-0.1, -0.05) is 35.3 Å². The number of halogens is 2. The highest BCUT2D eigenvalue weighted by atomic mass is 35.5. The van der Waals surface area contributed by atoms with E-state index in [1.54, 1.807) is 38.5 Å². The van der Waals surface area contributed by atoms with Gasteiger partial charge in [-0.3, -0.25) is 9.59 Å². The van der Waals surface area contributed by atoms with E-state index in [-0.39, 0.29) is 21.5 Å². The van der Waals surface area contributed by atoms with Gasteiger partial charge in [0.2, 0.25) is 11.6 Å². The number of carbonyl (C=O) groups excluding carboxylic acids is 2. The molecule has 168 valence electrons. The van der Waals surface area contributed by atoms with Crippen LogP contribution in [0.1, 0.15) is 5.56 Å². The van der Waals surface area contributed by atoms with Crippen molar-refractivity contribution in [1.82, 2.24) is 0 Å². The summed E-state index contributed by atoms with van der Waals surface area (Å²) in [6.07, 6.45) is 0. The lowest BCUT2D eigenvalue weighted by atomic mass is 10.0. The van der Waals surface area contributed by atoms with Gasteiger partial charge in [0.1, 0.15) is 33.0 Å². The van der Waals surface area contributed by atoms with E-state index in [1.807, 2.05) is 37.3 Å². The number of allylic oxidation sites excluding steroid dienone is 2. The normalized spacial score (nSPS) is 14.1. The lowest BCUT2D eigenvalue weighted by molar-refractivity contribution is -0.115. The number of Topliss-reactive ketones (excluding diaryl/α,β-unsaturated/α-hetero) is 2. The fraction of sp³-hybridized carbons (Fsp3) is 0.120. The molecule has 1 aliphatic carbocycles. The van der Waals surface area contributed by atoms with Crippen molar-refractivity contribution < 1.29 is 19.1 Å². The van der Waals surface area contributed by atoms with Crippen LogP contribution in [0.25, 0.3) is 10.8 Å². The van der Waals surface area contributed by atoms with Gasteiger partial charge < -0.3 is 20.1 Å². The zero-order chi connectivity index (χ0) is 23.7. The van der Waals surface area contributed by atoms with Crippen molar-refractivity contribution in [2.75, 3.05) is 24.9 Å². The van der Waals surface area contributed by atoms with Gasteiger partial charge in [0.05, 0.1) is 14.2 Å². The van der Waals surface area contributed by atoms with Crippen molar-refractivity contribution in [2.24, 2.45) is 0 Å². The average molecular weight is 483 g/mol. The van der Waals surface area contributed by atoms with E-state index in [1.165, 1.54) is 0 Å². The van der Waals surface area contributed by atoms with Crippen LogP contribution in [0.4, 0.5) is 11.4 Å². The van der Waals surface area contributed by atoms with Crippen molar-refractivity contribution in [3.63, 3.8) is 0 Å². The highest BCUT2D eigenvalue weighted by Crippen LogP contribution is 2.33. The summed E-state index contributed by atoms with van der Waals surface area (Å²) in [5.41, 5.74) is 1.87. The highest BCUT2D eigenvalue weighted by molar-refractivity contribution is 6.56. The Hall–Kier alpha value is -3.48. The number of hydrogen-bond donors (Lipinski definition) is 2. The van der Waals surface area contributed by atoms with Gasteiger partial charge in [0.25, 0.3) is 0 Å². The molecule has 0 aliphatic heterocycles. The van der Waals surface area contributed by atoms with Crippen LogP contribution in [0, 0.1) is 6.92 Å². The molecule has 4 rings (SSSR count). The number of anilines is 2. The number of benzene rings is 3. The van der Waals surface area contributed by atoms with Crippen LogP contribution in [-0.2, 0) is 9.59 Å². The Balaban J connectivity index is 1.61. The van der Waals surface area contributed by atoms with Gasteiger partial charge >= 0.3 is 0 Å². The first-order valence-corrected chi connectivity index (χ1v) is 10.7. The molecule has 2 N–H and O–H groups in total. The van der Waals surface area contributed by atoms with Crippen LogP contribution in [0.3, 0.4) is 0 Å². The van der Waals surface area contributed by atoms with E-state index < -0.39 is 11.6 Å². The molecule has 0 spiro atoms. The maximum Gasteiger partial charge on any atom is 0.224 e. The largest absolute Gasteiger partial charge is 0.497 e. The van der Waals surface area contributed by atoms with E-state index in [2.05, 4.69) is 10.6 Å². The fourth-order valence-electron chi connectivity index (χ4n) is 3.54. The van der Waals surface area contributed by atoms with Crippen molar-refractivity contribution in [2.45, 2.75) is 6.92 Å². The maximum atomic E-state index is 13.0. The number of ketones is 2. The van der Waals surface area contributed by atoms with Crippen molar-refractivity contribution in [3.8, 4) is 11.5 Å². The number of aryl methyl sites for hydroxylation is 1. The third kappa shape index (κ3) is 4.40. The Morgan fingerprint density at radius 1 is 0.697 bits per heavy atom. The minimum Gasteiger partial charge on any atom is -0.497 e. The molecule has 0 saturated carbocycles. The Bertz CT molecular complexity index is 1360. The molecule has 1 aliphatic rings. The van der Waals surface area contributed by atoms with Crippen LogP contribution in [0.5, 0.6) is 11.5 Å². The molecule has 3 aromatic rings. The van der Waals surface area contributed by atoms with E-state index >= 15 is 0 Å². The summed E-state index contributed by atoms with van der Waals surface area (Å²) >= 11 is 12.6. The summed E-state index contributed by atoms with van der Waals surface area (Å²) in [6, 6.07) is 16.4. The third-order valence-corrected chi connectivity index (χ3v) is 5.99. The number of rotatable bonds is 6. The zero-order valence-electron chi connectivity index (χ0n) is 18.1. The smallest absolute Gasteiger partial charge is 0.224 e. The topological polar surface area (TPSA) is 76.7 Å². The lowest BCUT2D eigenvalue weighted by Crippen LogP contribution is -2.27. The fourth-order valence-corrected chi connectivity index (χ4v) is 4.00. The number of ether oxygens (including phenoxy) is 2. The standard InChI is InChI=1S/C25H20Cl2N2O4/c1-13-10-16(7-9-19(13)33-3)28-22-20(26)25(31)23(21(27)24(22)30)29-17-6-4-15-12-18(32-2)8-5-14(15)11-17/h4-12,28-29H,1-3H3. The molecule has 8 heteroatoms. The molecule has 0 radical (unpaired) electrons. The third-order valence-electron chi connectivity index (χ3n) is 5.27. The number of methoxy groups -OCH3 is 2. The Morgan fingerprint density at radius 3 is 1.82 bits per heavy atom. The quantitative estimate of drug-likeness (QED) is 0.436. The average Bonchev–Trinajstić information content (AvgIpc) is 2.83. The second-order valence-electron chi connectivity index (χ2n) is 7.40. The molecule has 0 fully saturated rings. The van der Waals surface area contributed by atoms with E-state index in [0.717, 1.165) is 22.1 Å². The van der Waals surface area contributed by atoms with Gasteiger partial charge in [-0.25, -0.2) is 0 Å². The summed E-state index contributed by atoms with van der Waals surface area (Å²) in [4.78, 5) is 25.9. The number of hydrogen-bond acceptors (Lipinski definition) is 6. The Labute approximate surface area is 200 Å². The van der Waals surface area contributed by atoms with E-state index in [9.17, 15) is 9.59 Å². The van der Waals surface area contributed by atoms with Crippen LogP contribution < -0.4 is 20.1 Å². The van der Waals surface area contributed by atoms with Gasteiger partial charge in [0, 0.05) is 11.4 Å². The Morgan fingerprint density at radius 2 is 1.24 bits per heavy atom. The minimum atomic E-state index is -0.581. The predicted molar refractivity (Wildman–Crippen MR) is 131 cm³/mol. The van der Waals surface area contributed by atoms with Crippen molar-refractivity contribution in [3.05, 3.63) is 81.6 Å². The predicted octanol–water partition coefficient (Wildman–Crippen LogP) is 5.74. The van der Waals surface area contributed by atoms with Gasteiger partial charge in [-0.15, -0.1) is 0 Å². The monoisotopic (exact) mass is 482 g/mol. The second kappa shape index (κ2) is 9.17. The molecule has 0 heterocycles. The van der Waals surface area contributed by atoms with E-state index in [0.29, 0.717) is 17.1 Å². The van der Waals surface area contributed by atoms with E-state index in [4.69, 9.17) is 32.7 Å². The zero-order valence-corrected chi connectivity index (χ0v) is 19.6. The second-order valence-corrected chi connectivity index (χ2v) is 8.15. The highest BCUT2D eigenvalue weighted by Gasteiger charge is 2.33. The molecule has 0 atom stereocenters. The van der Waals surface area contributed by atoms with Gasteiger partial charge in [-0.05, 0) is 65.7 Å². The van der Waals surface area contributed by atoms with Crippen molar-refractivity contribution in [1.29, 1.82) is 0 Å². The SMILES string of the molecule is COc1ccc2cc(NC3=C(Cl)C(=O)C(Nc4ccc(OC)c(C)c4)=C(Cl)C3=O)ccc2c1. The summed E-state index contributed by atoms with van der Waals surface area (Å²) in [6.45, 7) is 1.86. The number of carbonyl (C=O) groups is 2. The van der Waals surface area contributed by atoms with Gasteiger partial charge in [0.15, 0.2) is 0 Å². The molecule has 0 unspecified atom stereocenters. The van der Waals surface area contributed by atoms with Crippen LogP contribution in [0.15, 0.2) is 76.1 Å². The molecule has 0 aromatic heterocycles. The molecule has 0 saturated heterocycles. The summed E-state index contributed by atoms with van der Waals surface area (Å²) in [5.74, 6) is 0.280. The molecular formula is C25H20Cl2N2O4. The Kier molecular flexibility index (Phi) is 6.31. The molecule has 3 aromatic carbocycles. The van der Waals surface area contributed by atoms with Gasteiger partial charge in [-0.2, -0.15) is 0 Å². The number of fused-ring (bicyclic) bond motifs is 1. The molecule has 33 heavy (non-hydrogen) atoms. The van der Waals surface area contributed by atoms with Crippen LogP contribution in [0.2, 0.25) is 0 Å². The van der Waals surface area contributed by atoms with Crippen molar-refractivity contribution >= 4 is 56.9 Å². The summed E-state index contributed by atoms with van der Waals surface area (Å²) < 4.78 is 10.5. The molecular weight excluding hydrogens is 463 g/mol. The molecule has 0 bridgehead atoms. The maximum absolute atomic E-state index is 13.0. The summed E-state index contributed by atoms with van der Waals surface area (Å²) in [5, 5.41) is 7.27. The first kappa shape index (κ1) is 22.7. The first-order chi connectivity index (χ1) is 15.8.